The van der Waals surface area contributed by atoms with Crippen LogP contribution in [0.25, 0.3) is 5.69 Å². The van der Waals surface area contributed by atoms with E-state index >= 15 is 0 Å². The molecular weight excluding hydrogens is 499 g/mol. The van der Waals surface area contributed by atoms with Crippen LogP contribution in [-0.2, 0) is 10.0 Å². The highest BCUT2D eigenvalue weighted by Gasteiger charge is 2.31. The average Bonchev–Trinajstić information content (AvgIpc) is 3.00. The second-order valence-corrected chi connectivity index (χ2v) is 11.9. The van der Waals surface area contributed by atoms with Crippen molar-refractivity contribution in [2.75, 3.05) is 10.5 Å². The minimum atomic E-state index is -4.89. The summed E-state index contributed by atoms with van der Waals surface area (Å²) in [4.78, 5) is 17.1. The van der Waals surface area contributed by atoms with Crippen molar-refractivity contribution in [3.8, 4) is 11.4 Å². The van der Waals surface area contributed by atoms with E-state index in [1.807, 2.05) is 6.92 Å². The number of imidazole rings is 1. The van der Waals surface area contributed by atoms with Gasteiger partial charge in [-0.25, -0.2) is 13.2 Å². The van der Waals surface area contributed by atoms with Crippen LogP contribution < -0.4 is 15.1 Å². The third-order valence-corrected chi connectivity index (χ3v) is 8.49. The van der Waals surface area contributed by atoms with Gasteiger partial charge in [0.2, 0.25) is 0 Å². The second-order valence-electron chi connectivity index (χ2n) is 7.61. The number of hydrogen-bond donors (Lipinski definition) is 1. The topological polar surface area (TPSA) is 90.3 Å². The number of nitrogens with one attached hydrogen (secondary N) is 1. The van der Waals surface area contributed by atoms with Crippen LogP contribution in [0.15, 0.2) is 38.2 Å². The molecule has 2 aliphatic rings. The van der Waals surface area contributed by atoms with Gasteiger partial charge in [-0.1, -0.05) is 13.8 Å². The van der Waals surface area contributed by atoms with Crippen molar-refractivity contribution < 1.29 is 26.3 Å². The Morgan fingerprint density at radius 2 is 1.85 bits per heavy atom. The Morgan fingerprint density at radius 3 is 2.42 bits per heavy atom. The average molecular weight is 522 g/mol. The van der Waals surface area contributed by atoms with Gasteiger partial charge in [-0.05, 0) is 56.2 Å². The van der Waals surface area contributed by atoms with Gasteiger partial charge in [0.05, 0.1) is 9.10 Å². The van der Waals surface area contributed by atoms with Crippen molar-refractivity contribution >= 4 is 38.9 Å². The molecule has 0 aliphatic carbocycles. The van der Waals surface area contributed by atoms with E-state index in [0.29, 0.717) is 17.3 Å². The van der Waals surface area contributed by atoms with Gasteiger partial charge < -0.3 is 4.74 Å². The Morgan fingerprint density at radius 1 is 1.21 bits per heavy atom. The molecule has 1 aromatic rings. The Hall–Kier alpha value is -2.25. The molecule has 0 atom stereocenters. The highest BCUT2D eigenvalue weighted by Crippen LogP contribution is 2.39. The number of ether oxygens (including phenoxy) is 1. The monoisotopic (exact) mass is 521 g/mol. The lowest BCUT2D eigenvalue weighted by Gasteiger charge is -2.16. The minimum absolute atomic E-state index is 0.123. The number of nitrogens with zero attached hydrogens (tertiary/aromatic N) is 2. The molecule has 3 rings (SSSR count). The molecule has 0 bridgehead atoms. The van der Waals surface area contributed by atoms with E-state index in [9.17, 15) is 26.4 Å². The first-order valence-electron chi connectivity index (χ1n) is 9.82. The molecular formula is C20H22F3N3O4S3. The molecule has 2 heterocycles. The third kappa shape index (κ3) is 6.01. The van der Waals surface area contributed by atoms with Gasteiger partial charge in [0.15, 0.2) is 5.82 Å². The van der Waals surface area contributed by atoms with E-state index in [0.717, 1.165) is 45.5 Å². The predicted molar refractivity (Wildman–Crippen MR) is 122 cm³/mol. The van der Waals surface area contributed by atoms with Crippen LogP contribution in [0.3, 0.4) is 0 Å². The first-order chi connectivity index (χ1) is 15.3. The fraction of sp³-hybridized carbons (Fsp3) is 0.400. The lowest BCUT2D eigenvalue weighted by molar-refractivity contribution is -0.274. The quantitative estimate of drug-likeness (QED) is 0.411. The number of thioether (sulfide) groups is 1. The Labute approximate surface area is 197 Å². The van der Waals surface area contributed by atoms with Crippen LogP contribution in [0.1, 0.15) is 30.8 Å². The van der Waals surface area contributed by atoms with Gasteiger partial charge in [0, 0.05) is 10.6 Å². The molecule has 180 valence electrons. The summed E-state index contributed by atoms with van der Waals surface area (Å²) in [6.07, 6.45) is -3.96. The highest BCUT2D eigenvalue weighted by molar-refractivity contribution is 8.01. The summed E-state index contributed by atoms with van der Waals surface area (Å²) in [7, 11) is -4.23. The maximum absolute atomic E-state index is 12.9. The SMILES string of the molecule is Cc1sc(SCCC(C)C)c2c(NS(=O)(=O)c3ccc(OC(F)(F)F)cc3)nc(=O)n-2c1C. The Kier molecular flexibility index (Phi) is 7.34. The third-order valence-electron chi connectivity index (χ3n) is 4.66. The Balaban J connectivity index is 1.97. The molecule has 0 radical (unpaired) electrons. The predicted octanol–water partition coefficient (Wildman–Crippen LogP) is 5.19. The van der Waals surface area contributed by atoms with Crippen LogP contribution in [0.5, 0.6) is 5.75 Å². The van der Waals surface area contributed by atoms with Crippen molar-refractivity contribution in [3.05, 3.63) is 45.3 Å². The van der Waals surface area contributed by atoms with Gasteiger partial charge in [-0.3, -0.25) is 9.29 Å². The van der Waals surface area contributed by atoms with Crippen LogP contribution in [0.4, 0.5) is 19.0 Å². The summed E-state index contributed by atoms with van der Waals surface area (Å²) in [5, 5.41) is 0. The largest absolute Gasteiger partial charge is 0.573 e. The number of alkyl halides is 3. The van der Waals surface area contributed by atoms with Crippen LogP contribution in [0.2, 0.25) is 0 Å². The van der Waals surface area contributed by atoms with Crippen LogP contribution in [0, 0.1) is 19.8 Å². The van der Waals surface area contributed by atoms with Crippen molar-refractivity contribution in [2.24, 2.45) is 5.92 Å². The normalized spacial score (nSPS) is 12.5. The van der Waals surface area contributed by atoms with Gasteiger partial charge in [-0.15, -0.1) is 36.3 Å². The number of aromatic nitrogens is 2. The molecule has 0 saturated heterocycles. The van der Waals surface area contributed by atoms with Crippen LogP contribution in [-0.4, -0.2) is 30.1 Å². The zero-order chi connectivity index (χ0) is 24.6. The summed E-state index contributed by atoms with van der Waals surface area (Å²) in [6, 6.07) is 3.76. The first kappa shape index (κ1) is 25.4. The lowest BCUT2D eigenvalue weighted by atomic mass is 10.2. The molecule has 0 spiro atoms. The van der Waals surface area contributed by atoms with E-state index in [2.05, 4.69) is 28.3 Å². The van der Waals surface area contributed by atoms with Crippen molar-refractivity contribution in [2.45, 2.75) is 49.6 Å². The van der Waals surface area contributed by atoms with Gasteiger partial charge in [0.25, 0.3) is 10.0 Å². The Bertz CT molecular complexity index is 1270. The number of halogens is 3. The zero-order valence-electron chi connectivity index (χ0n) is 18.2. The lowest BCUT2D eigenvalue weighted by Crippen LogP contribution is -2.17. The number of aryl methyl sites for hydroxylation is 1. The number of anilines is 1. The van der Waals surface area contributed by atoms with Crippen molar-refractivity contribution in [1.82, 2.24) is 9.55 Å². The van der Waals surface area contributed by atoms with Gasteiger partial charge in [0.1, 0.15) is 11.4 Å². The van der Waals surface area contributed by atoms with E-state index in [1.165, 1.54) is 27.7 Å². The number of benzene rings is 1. The molecule has 7 nitrogen and oxygen atoms in total. The smallest absolute Gasteiger partial charge is 0.406 e. The van der Waals surface area contributed by atoms with Crippen molar-refractivity contribution in [1.29, 1.82) is 0 Å². The molecule has 0 fully saturated rings. The highest BCUT2D eigenvalue weighted by atomic mass is 32.2. The van der Waals surface area contributed by atoms with E-state index in [4.69, 9.17) is 0 Å². The summed E-state index contributed by atoms with van der Waals surface area (Å²) in [5.74, 6) is 0.584. The molecule has 0 unspecified atom stereocenters. The molecule has 1 N–H and O–H groups in total. The summed E-state index contributed by atoms with van der Waals surface area (Å²) >= 11 is 2.97. The number of rotatable bonds is 8. The molecule has 1 aromatic carbocycles. The number of hydrogen-bond acceptors (Lipinski definition) is 7. The van der Waals surface area contributed by atoms with Crippen LogP contribution >= 0.6 is 23.1 Å². The zero-order valence-corrected chi connectivity index (χ0v) is 20.6. The fourth-order valence-electron chi connectivity index (χ4n) is 2.88. The summed E-state index contributed by atoms with van der Waals surface area (Å²) in [6.45, 7) is 7.82. The van der Waals surface area contributed by atoms with E-state index in [-0.39, 0.29) is 10.7 Å². The number of fused-ring (bicyclic) bond motifs is 1. The summed E-state index contributed by atoms with van der Waals surface area (Å²) in [5.41, 5.74) is 0.401. The standard InChI is InChI=1S/C20H22F3N3O4S3/c1-11(2)9-10-31-18-16-17(24-19(27)26(16)12(3)13(4)32-18)25-33(28,29)15-7-5-14(6-8-15)30-20(21,22)23/h5-8,11H,9-10H2,1-4H3,(H,24,25,27). The molecule has 13 heteroatoms. The molecule has 0 amide bonds. The fourth-order valence-corrected chi connectivity index (χ4v) is 6.65. The van der Waals surface area contributed by atoms with Gasteiger partial charge in [-0.2, -0.15) is 4.98 Å². The van der Waals surface area contributed by atoms with E-state index in [1.54, 1.807) is 6.92 Å². The molecule has 33 heavy (non-hydrogen) atoms. The molecule has 2 aliphatic heterocycles. The maximum atomic E-state index is 12.9. The minimum Gasteiger partial charge on any atom is -0.406 e. The second kappa shape index (κ2) is 9.55. The maximum Gasteiger partial charge on any atom is 0.573 e. The number of sulfonamides is 1. The molecule has 0 saturated carbocycles. The first-order valence-corrected chi connectivity index (χ1v) is 13.1. The van der Waals surface area contributed by atoms with E-state index < -0.39 is 27.8 Å². The van der Waals surface area contributed by atoms with Gasteiger partial charge >= 0.3 is 12.1 Å². The van der Waals surface area contributed by atoms with Crippen molar-refractivity contribution in [3.63, 3.8) is 0 Å². The molecule has 0 aromatic heterocycles. The summed E-state index contributed by atoms with van der Waals surface area (Å²) < 4.78 is 71.1.